The number of urea groups is 1. The van der Waals surface area contributed by atoms with E-state index in [0.29, 0.717) is 17.8 Å². The molecule has 4 N–H and O–H groups in total. The fraction of sp³-hybridized carbons (Fsp3) is 0.286. The van der Waals surface area contributed by atoms with E-state index in [1.807, 2.05) is 24.4 Å². The maximum absolute atomic E-state index is 12.6. The van der Waals surface area contributed by atoms with Crippen LogP contribution in [0.1, 0.15) is 46.0 Å². The average molecular weight is 410 g/mol. The Morgan fingerprint density at radius 1 is 1.24 bits per heavy atom. The van der Waals surface area contributed by atoms with E-state index in [1.165, 1.54) is 0 Å². The monoisotopic (exact) mass is 409 g/mol. The summed E-state index contributed by atoms with van der Waals surface area (Å²) in [6.07, 6.45) is 4.50. The zero-order chi connectivity index (χ0) is 20.3. The minimum atomic E-state index is -0.450. The largest absolute Gasteiger partial charge is 0.347 e. The second kappa shape index (κ2) is 8.08. The lowest BCUT2D eigenvalue weighted by atomic mass is 9.76. The van der Waals surface area contributed by atoms with E-state index in [4.69, 9.17) is 0 Å². The number of carbonyl (C=O) groups is 2. The molecule has 8 heteroatoms. The highest BCUT2D eigenvalue weighted by molar-refractivity contribution is 7.09. The molecule has 0 radical (unpaired) electrons. The molecular formula is C21H23N5O2S. The third-order valence-electron chi connectivity index (χ3n) is 5.10. The summed E-state index contributed by atoms with van der Waals surface area (Å²) in [5.41, 5.74) is 1.58. The van der Waals surface area contributed by atoms with E-state index in [1.54, 1.807) is 41.8 Å². The van der Waals surface area contributed by atoms with Crippen molar-refractivity contribution in [2.24, 2.45) is 0 Å². The van der Waals surface area contributed by atoms with E-state index in [9.17, 15) is 9.59 Å². The number of aryl methyl sites for hydroxylation is 1. The number of hydrogen-bond acceptors (Lipinski definition) is 4. The minimum Gasteiger partial charge on any atom is -0.347 e. The Hall–Kier alpha value is -3.13. The van der Waals surface area contributed by atoms with Gasteiger partial charge in [0.2, 0.25) is 0 Å². The van der Waals surface area contributed by atoms with Crippen molar-refractivity contribution in [1.29, 1.82) is 0 Å². The van der Waals surface area contributed by atoms with Gasteiger partial charge in [-0.3, -0.25) is 4.79 Å². The number of anilines is 1. The predicted molar refractivity (Wildman–Crippen MR) is 113 cm³/mol. The average Bonchev–Trinajstić information content (AvgIpc) is 3.35. The Labute approximate surface area is 173 Å². The molecule has 0 saturated heterocycles. The number of aromatic amines is 1. The number of rotatable bonds is 6. The number of nitrogens with zero attached hydrogens (tertiary/aromatic N) is 1. The first kappa shape index (κ1) is 19.2. The molecule has 1 fully saturated rings. The maximum Gasteiger partial charge on any atom is 0.320 e. The third-order valence-corrected chi connectivity index (χ3v) is 5.98. The molecule has 7 nitrogen and oxygen atoms in total. The number of thiophene rings is 1. The molecule has 2 aromatic heterocycles. The molecule has 4 rings (SSSR count). The molecule has 0 aliphatic heterocycles. The van der Waals surface area contributed by atoms with E-state index in [0.717, 1.165) is 35.7 Å². The molecule has 150 valence electrons. The van der Waals surface area contributed by atoms with Crippen LogP contribution in [0, 0.1) is 6.92 Å². The fourth-order valence-electron chi connectivity index (χ4n) is 3.41. The van der Waals surface area contributed by atoms with E-state index in [2.05, 4.69) is 25.9 Å². The molecule has 3 amide bonds. The molecule has 29 heavy (non-hydrogen) atoms. The van der Waals surface area contributed by atoms with Gasteiger partial charge in [-0.25, -0.2) is 9.78 Å². The lowest BCUT2D eigenvalue weighted by Crippen LogP contribution is -2.52. The van der Waals surface area contributed by atoms with Crippen molar-refractivity contribution in [3.05, 3.63) is 69.9 Å². The van der Waals surface area contributed by atoms with E-state index >= 15 is 0 Å². The molecule has 1 aromatic carbocycles. The molecule has 1 aliphatic rings. The summed E-state index contributed by atoms with van der Waals surface area (Å²) in [7, 11) is 0. The number of aromatic nitrogens is 2. The van der Waals surface area contributed by atoms with E-state index in [-0.39, 0.29) is 11.9 Å². The molecule has 1 aliphatic carbocycles. The molecule has 0 unspecified atom stereocenters. The summed E-state index contributed by atoms with van der Waals surface area (Å²) in [6, 6.07) is 10.5. The van der Waals surface area contributed by atoms with Crippen LogP contribution in [0.4, 0.5) is 10.5 Å². The highest BCUT2D eigenvalue weighted by Crippen LogP contribution is 2.39. The molecular weight excluding hydrogens is 386 g/mol. The second-order valence-corrected chi connectivity index (χ2v) is 8.30. The highest BCUT2D eigenvalue weighted by Gasteiger charge is 2.42. The topological polar surface area (TPSA) is 98.9 Å². The Bertz CT molecular complexity index is 1010. The number of imidazole rings is 1. The molecule has 1 saturated carbocycles. The molecule has 2 heterocycles. The van der Waals surface area contributed by atoms with Crippen molar-refractivity contribution < 1.29 is 9.59 Å². The van der Waals surface area contributed by atoms with Gasteiger partial charge in [-0.2, -0.15) is 0 Å². The molecule has 0 bridgehead atoms. The van der Waals surface area contributed by atoms with Gasteiger partial charge in [0.25, 0.3) is 5.91 Å². The number of amides is 3. The van der Waals surface area contributed by atoms with Crippen LogP contribution < -0.4 is 16.0 Å². The Morgan fingerprint density at radius 2 is 2.10 bits per heavy atom. The number of H-pyrrole nitrogens is 1. The van der Waals surface area contributed by atoms with Crippen LogP contribution >= 0.6 is 11.3 Å². The lowest BCUT2D eigenvalue weighted by molar-refractivity contribution is 0.0951. The standard InChI is InChI=1S/C21H23N5O2S/c1-14-12-23-19(24-14)21(8-4-9-21)26-20(28)25-16-6-2-5-15(11-16)18(27)22-13-17-7-3-10-29-17/h2-3,5-7,10-12H,4,8-9,13H2,1H3,(H,22,27)(H,23,24)(H2,25,26,28). The number of hydrogen-bond donors (Lipinski definition) is 4. The van der Waals surface area contributed by atoms with Crippen LogP contribution in [-0.2, 0) is 12.1 Å². The first-order valence-corrected chi connectivity index (χ1v) is 10.4. The van der Waals surface area contributed by atoms with Gasteiger partial charge in [0.15, 0.2) is 0 Å². The normalized spacial score (nSPS) is 14.7. The van der Waals surface area contributed by atoms with Gasteiger partial charge in [0.1, 0.15) is 5.82 Å². The predicted octanol–water partition coefficient (Wildman–Crippen LogP) is 3.91. The second-order valence-electron chi connectivity index (χ2n) is 7.27. The zero-order valence-corrected chi connectivity index (χ0v) is 16.9. The van der Waals surface area contributed by atoms with Crippen LogP contribution in [0.25, 0.3) is 0 Å². The summed E-state index contributed by atoms with van der Waals surface area (Å²) < 4.78 is 0. The summed E-state index contributed by atoms with van der Waals surface area (Å²) in [6.45, 7) is 2.43. The highest BCUT2D eigenvalue weighted by atomic mass is 32.1. The van der Waals surface area contributed by atoms with Crippen molar-refractivity contribution in [2.75, 3.05) is 5.32 Å². The van der Waals surface area contributed by atoms with Gasteiger partial charge in [-0.15, -0.1) is 11.3 Å². The smallest absolute Gasteiger partial charge is 0.320 e. The summed E-state index contributed by atoms with van der Waals surface area (Å²) in [5.74, 6) is 0.613. The number of carbonyl (C=O) groups excluding carboxylic acids is 2. The first-order valence-electron chi connectivity index (χ1n) is 9.56. The van der Waals surface area contributed by atoms with Crippen LogP contribution in [0.5, 0.6) is 0 Å². The maximum atomic E-state index is 12.6. The van der Waals surface area contributed by atoms with Crippen LogP contribution in [0.3, 0.4) is 0 Å². The van der Waals surface area contributed by atoms with Gasteiger partial charge in [-0.05, 0) is 55.8 Å². The summed E-state index contributed by atoms with van der Waals surface area (Å²) >= 11 is 1.60. The Balaban J connectivity index is 1.38. The summed E-state index contributed by atoms with van der Waals surface area (Å²) in [5, 5.41) is 10.8. The molecule has 3 aromatic rings. The van der Waals surface area contributed by atoms with Crippen LogP contribution in [-0.4, -0.2) is 21.9 Å². The van der Waals surface area contributed by atoms with Gasteiger partial charge in [0, 0.05) is 28.0 Å². The minimum absolute atomic E-state index is 0.177. The zero-order valence-electron chi connectivity index (χ0n) is 16.1. The Kier molecular flexibility index (Phi) is 5.35. The lowest BCUT2D eigenvalue weighted by Gasteiger charge is -2.40. The molecule has 0 atom stereocenters. The third kappa shape index (κ3) is 4.32. The van der Waals surface area contributed by atoms with Crippen molar-refractivity contribution in [2.45, 2.75) is 38.3 Å². The number of nitrogens with one attached hydrogen (secondary N) is 4. The quantitative estimate of drug-likeness (QED) is 0.497. The van der Waals surface area contributed by atoms with Gasteiger partial charge < -0.3 is 20.9 Å². The van der Waals surface area contributed by atoms with Crippen molar-refractivity contribution in [1.82, 2.24) is 20.6 Å². The van der Waals surface area contributed by atoms with Gasteiger partial charge >= 0.3 is 6.03 Å². The van der Waals surface area contributed by atoms with Crippen molar-refractivity contribution in [3.63, 3.8) is 0 Å². The molecule has 0 spiro atoms. The number of benzene rings is 1. The van der Waals surface area contributed by atoms with Gasteiger partial charge in [-0.1, -0.05) is 12.1 Å². The van der Waals surface area contributed by atoms with E-state index < -0.39 is 5.54 Å². The first-order chi connectivity index (χ1) is 14.0. The SMILES string of the molecule is Cc1cnc(C2(NC(=O)Nc3cccc(C(=O)NCc4cccs4)c3)CCC2)[nH]1. The Morgan fingerprint density at radius 3 is 2.76 bits per heavy atom. The van der Waals surface area contributed by atoms with Crippen molar-refractivity contribution >= 4 is 29.0 Å². The van der Waals surface area contributed by atoms with Crippen LogP contribution in [0.15, 0.2) is 48.0 Å². The van der Waals surface area contributed by atoms with Crippen LogP contribution in [0.2, 0.25) is 0 Å². The fourth-order valence-corrected chi connectivity index (χ4v) is 4.05. The van der Waals surface area contributed by atoms with Crippen molar-refractivity contribution in [3.8, 4) is 0 Å². The van der Waals surface area contributed by atoms with Gasteiger partial charge in [0.05, 0.1) is 12.1 Å². The summed E-state index contributed by atoms with van der Waals surface area (Å²) in [4.78, 5) is 33.7.